The Morgan fingerprint density at radius 3 is 2.18 bits per heavy atom. The van der Waals surface area contributed by atoms with Crippen molar-refractivity contribution >= 4 is 17.7 Å². The Kier molecular flexibility index (Phi) is 8.89. The summed E-state index contributed by atoms with van der Waals surface area (Å²) in [5.74, 6) is -0.710. The predicted molar refractivity (Wildman–Crippen MR) is 125 cm³/mol. The van der Waals surface area contributed by atoms with E-state index in [4.69, 9.17) is 9.47 Å². The number of imide groups is 1. The third-order valence-corrected chi connectivity index (χ3v) is 4.97. The van der Waals surface area contributed by atoms with Crippen molar-refractivity contribution < 1.29 is 32.2 Å². The van der Waals surface area contributed by atoms with Gasteiger partial charge in [-0.25, -0.2) is 9.69 Å². The number of ether oxygens (including phenoxy) is 2. The summed E-state index contributed by atoms with van der Waals surface area (Å²) in [7, 11) is 0. The maximum atomic E-state index is 13.7. The molecule has 0 unspecified atom stereocenters. The number of benzene rings is 2. The lowest BCUT2D eigenvalue weighted by Crippen LogP contribution is -2.41. The summed E-state index contributed by atoms with van der Waals surface area (Å²) < 4.78 is 50.4. The van der Waals surface area contributed by atoms with Crippen molar-refractivity contribution in [1.29, 1.82) is 0 Å². The van der Waals surface area contributed by atoms with Crippen LogP contribution in [0.25, 0.3) is 0 Å². The van der Waals surface area contributed by atoms with Gasteiger partial charge in [0.1, 0.15) is 5.60 Å². The fourth-order valence-corrected chi connectivity index (χ4v) is 3.24. The van der Waals surface area contributed by atoms with E-state index < -0.39 is 35.4 Å². The Morgan fingerprint density at radius 2 is 1.65 bits per heavy atom. The highest BCUT2D eigenvalue weighted by Gasteiger charge is 2.34. The highest BCUT2D eigenvalue weighted by molar-refractivity contribution is 6.19. The largest absolute Gasteiger partial charge is 0.443 e. The molecule has 2 aromatic carbocycles. The van der Waals surface area contributed by atoms with Gasteiger partial charge in [0, 0.05) is 12.2 Å². The molecule has 5 nitrogen and oxygen atoms in total. The van der Waals surface area contributed by atoms with Crippen LogP contribution in [0.4, 0.5) is 23.7 Å². The van der Waals surface area contributed by atoms with E-state index in [9.17, 15) is 22.8 Å². The average Bonchev–Trinajstić information content (AvgIpc) is 2.72. The third-order valence-electron chi connectivity index (χ3n) is 4.97. The number of amides is 2. The number of hydrogen-bond donors (Lipinski definition) is 0. The van der Waals surface area contributed by atoms with Crippen molar-refractivity contribution in [1.82, 2.24) is 0 Å². The molecule has 34 heavy (non-hydrogen) atoms. The summed E-state index contributed by atoms with van der Waals surface area (Å²) in [5, 5.41) is 0. The van der Waals surface area contributed by atoms with E-state index in [0.29, 0.717) is 12.2 Å². The molecule has 0 fully saturated rings. The quantitative estimate of drug-likeness (QED) is 0.387. The standard InChI is InChI=1S/C26H32F3NO4/c1-7-8-15-33-18(3)21-14-9-17(2)16-22(21)23(31)30(24(32)34-25(4,5)6)20-12-10-19(11-13-20)26(27,28)29/h9-14,16,18H,7-8,15H2,1-6H3/t18-/m1/s1. The van der Waals surface area contributed by atoms with E-state index in [-0.39, 0.29) is 11.3 Å². The van der Waals surface area contributed by atoms with Crippen LogP contribution >= 0.6 is 0 Å². The molecule has 2 rings (SSSR count). The summed E-state index contributed by atoms with van der Waals surface area (Å²) in [4.78, 5) is 27.5. The molecule has 0 radical (unpaired) electrons. The van der Waals surface area contributed by atoms with Gasteiger partial charge in [-0.05, 0) is 76.9 Å². The van der Waals surface area contributed by atoms with Gasteiger partial charge in [-0.1, -0.05) is 31.0 Å². The van der Waals surface area contributed by atoms with E-state index in [1.807, 2.05) is 19.9 Å². The first-order valence-electron chi connectivity index (χ1n) is 11.2. The number of alkyl halides is 3. The van der Waals surface area contributed by atoms with Crippen LogP contribution < -0.4 is 4.90 Å². The minimum Gasteiger partial charge on any atom is -0.443 e. The van der Waals surface area contributed by atoms with Crippen molar-refractivity contribution in [2.24, 2.45) is 0 Å². The monoisotopic (exact) mass is 479 g/mol. The SMILES string of the molecule is CCCCO[C@H](C)c1ccc(C)cc1C(=O)N(C(=O)OC(C)(C)C)c1ccc(C(F)(F)F)cc1. The molecule has 2 amide bonds. The van der Waals surface area contributed by atoms with Crippen LogP contribution in [0.5, 0.6) is 0 Å². The Morgan fingerprint density at radius 1 is 1.03 bits per heavy atom. The second kappa shape index (κ2) is 11.0. The first-order valence-corrected chi connectivity index (χ1v) is 11.2. The van der Waals surface area contributed by atoms with Crippen LogP contribution in [-0.2, 0) is 15.7 Å². The molecule has 0 saturated heterocycles. The van der Waals surface area contributed by atoms with Crippen LogP contribution in [0.3, 0.4) is 0 Å². The molecule has 0 spiro atoms. The van der Waals surface area contributed by atoms with E-state index in [1.54, 1.807) is 39.8 Å². The molecule has 0 heterocycles. The van der Waals surface area contributed by atoms with Crippen LogP contribution in [0, 0.1) is 6.92 Å². The summed E-state index contributed by atoms with van der Waals surface area (Å²) >= 11 is 0. The number of unbranched alkanes of at least 4 members (excludes halogenated alkanes) is 1. The van der Waals surface area contributed by atoms with Crippen LogP contribution in [0.1, 0.15) is 80.6 Å². The van der Waals surface area contributed by atoms with Gasteiger partial charge < -0.3 is 9.47 Å². The molecular weight excluding hydrogens is 447 g/mol. The number of carbonyl (C=O) groups excluding carboxylic acids is 2. The summed E-state index contributed by atoms with van der Waals surface area (Å²) in [6.45, 7) is 11.1. The summed E-state index contributed by atoms with van der Waals surface area (Å²) in [5.41, 5.74) is -0.263. The number of halogens is 3. The zero-order valence-corrected chi connectivity index (χ0v) is 20.5. The van der Waals surface area contributed by atoms with Gasteiger partial charge in [0.05, 0.1) is 17.4 Å². The number of hydrogen-bond acceptors (Lipinski definition) is 4. The van der Waals surface area contributed by atoms with Gasteiger partial charge in [-0.15, -0.1) is 0 Å². The average molecular weight is 480 g/mol. The Balaban J connectivity index is 2.54. The fourth-order valence-electron chi connectivity index (χ4n) is 3.24. The first-order chi connectivity index (χ1) is 15.7. The molecule has 0 aliphatic heterocycles. The number of nitrogens with zero attached hydrogens (tertiary/aromatic N) is 1. The van der Waals surface area contributed by atoms with Gasteiger partial charge in [0.15, 0.2) is 0 Å². The van der Waals surface area contributed by atoms with Crippen LogP contribution in [0.2, 0.25) is 0 Å². The fraction of sp³-hybridized carbons (Fsp3) is 0.462. The van der Waals surface area contributed by atoms with Crippen LogP contribution in [0.15, 0.2) is 42.5 Å². The van der Waals surface area contributed by atoms with Crippen molar-refractivity contribution in [2.45, 2.75) is 72.3 Å². The Bertz CT molecular complexity index is 995. The molecule has 2 aromatic rings. The summed E-state index contributed by atoms with van der Waals surface area (Å²) in [6.07, 6.45) is -4.15. The van der Waals surface area contributed by atoms with E-state index in [2.05, 4.69) is 0 Å². The first kappa shape index (κ1) is 27.4. The number of rotatable bonds is 7. The lowest BCUT2D eigenvalue weighted by molar-refractivity contribution is -0.137. The molecule has 0 N–H and O–H groups in total. The van der Waals surface area contributed by atoms with E-state index >= 15 is 0 Å². The van der Waals surface area contributed by atoms with Crippen LogP contribution in [-0.4, -0.2) is 24.2 Å². The number of carbonyl (C=O) groups is 2. The maximum absolute atomic E-state index is 13.7. The van der Waals surface area contributed by atoms with Crippen molar-refractivity contribution in [3.63, 3.8) is 0 Å². The predicted octanol–water partition coefficient (Wildman–Crippen LogP) is 7.47. The number of anilines is 1. The summed E-state index contributed by atoms with van der Waals surface area (Å²) in [6, 6.07) is 9.06. The van der Waals surface area contributed by atoms with E-state index in [0.717, 1.165) is 47.6 Å². The molecule has 0 aromatic heterocycles. The maximum Gasteiger partial charge on any atom is 0.422 e. The normalized spacial score (nSPS) is 12.9. The van der Waals surface area contributed by atoms with Crippen molar-refractivity contribution in [2.75, 3.05) is 11.5 Å². The molecule has 186 valence electrons. The topological polar surface area (TPSA) is 55.8 Å². The molecule has 8 heteroatoms. The Hall–Kier alpha value is -2.87. The van der Waals surface area contributed by atoms with Gasteiger partial charge in [-0.3, -0.25) is 4.79 Å². The number of aryl methyl sites for hydroxylation is 1. The lowest BCUT2D eigenvalue weighted by Gasteiger charge is -2.27. The van der Waals surface area contributed by atoms with Gasteiger partial charge in [-0.2, -0.15) is 13.2 Å². The highest BCUT2D eigenvalue weighted by Crippen LogP contribution is 2.32. The zero-order chi connectivity index (χ0) is 25.7. The smallest absolute Gasteiger partial charge is 0.422 e. The minimum absolute atomic E-state index is 0.0285. The molecule has 0 bridgehead atoms. The lowest BCUT2D eigenvalue weighted by atomic mass is 9.99. The van der Waals surface area contributed by atoms with Crippen molar-refractivity contribution in [3.05, 3.63) is 64.7 Å². The molecule has 0 aliphatic carbocycles. The second-order valence-electron chi connectivity index (χ2n) is 9.12. The minimum atomic E-state index is -4.55. The molecule has 0 saturated carbocycles. The molecule has 0 aliphatic rings. The molecule has 1 atom stereocenters. The second-order valence-corrected chi connectivity index (χ2v) is 9.12. The third kappa shape index (κ3) is 7.32. The zero-order valence-electron chi connectivity index (χ0n) is 20.5. The van der Waals surface area contributed by atoms with E-state index in [1.165, 1.54) is 0 Å². The van der Waals surface area contributed by atoms with Gasteiger partial charge >= 0.3 is 12.3 Å². The highest BCUT2D eigenvalue weighted by atomic mass is 19.4. The van der Waals surface area contributed by atoms with Gasteiger partial charge in [0.25, 0.3) is 5.91 Å². The van der Waals surface area contributed by atoms with Crippen molar-refractivity contribution in [3.8, 4) is 0 Å². The van der Waals surface area contributed by atoms with Gasteiger partial charge in [0.2, 0.25) is 0 Å². The molecular formula is C26H32F3NO4. The Labute approximate surface area is 198 Å².